The van der Waals surface area contributed by atoms with Gasteiger partial charge in [-0.05, 0) is 12.8 Å². The maximum atomic E-state index is 10.9. The second-order valence-electron chi connectivity index (χ2n) is 2.39. The van der Waals surface area contributed by atoms with Crippen molar-refractivity contribution >= 4 is 17.7 Å². The summed E-state index contributed by atoms with van der Waals surface area (Å²) in [6.07, 6.45) is 0.637. The lowest BCUT2D eigenvalue weighted by atomic mass is 10.3. The molecule has 5 nitrogen and oxygen atoms in total. The summed E-state index contributed by atoms with van der Waals surface area (Å²) in [5.74, 6) is 5.38. The smallest absolute Gasteiger partial charge is 0.427 e. The number of hydrogen-bond acceptors (Lipinski definition) is 4. The molecule has 0 aliphatic carbocycles. The predicted molar refractivity (Wildman–Crippen MR) is 42.2 cm³/mol. The van der Waals surface area contributed by atoms with Gasteiger partial charge in [-0.1, -0.05) is 11.6 Å². The summed E-state index contributed by atoms with van der Waals surface area (Å²) >= 11 is 5.18. The summed E-state index contributed by atoms with van der Waals surface area (Å²) < 4.78 is 9.60. The lowest BCUT2D eigenvalue weighted by molar-refractivity contribution is -0.0164. The molecular weight excluding hydrogens is 184 g/mol. The first-order valence-electron chi connectivity index (χ1n) is 3.64. The number of halogens is 1. The monoisotopic (exact) mass is 194 g/mol. The molecule has 1 rings (SSSR count). The lowest BCUT2D eigenvalue weighted by Crippen LogP contribution is -2.45. The Hall–Kier alpha value is -0.520. The van der Waals surface area contributed by atoms with E-state index in [0.717, 1.165) is 17.9 Å². The van der Waals surface area contributed by atoms with Crippen LogP contribution >= 0.6 is 11.6 Å². The van der Waals surface area contributed by atoms with Crippen LogP contribution in [0.25, 0.3) is 0 Å². The summed E-state index contributed by atoms with van der Waals surface area (Å²) in [6, 6.07) is -0.195. The SMILES string of the molecule is NN(C(=O)OCCl)C1CCCO1. The van der Waals surface area contributed by atoms with Crippen molar-refractivity contribution in [2.45, 2.75) is 19.1 Å². The molecule has 1 fully saturated rings. The number of carbonyl (C=O) groups excluding carboxylic acids is 1. The molecule has 1 saturated heterocycles. The summed E-state index contributed by atoms with van der Waals surface area (Å²) in [6.45, 7) is 0.631. The van der Waals surface area contributed by atoms with E-state index >= 15 is 0 Å². The third-order valence-corrected chi connectivity index (χ3v) is 1.71. The summed E-state index contributed by atoms with van der Waals surface area (Å²) in [7, 11) is 0. The van der Waals surface area contributed by atoms with Crippen LogP contribution in [0, 0.1) is 0 Å². The molecule has 2 N–H and O–H groups in total. The number of amides is 1. The van der Waals surface area contributed by atoms with Gasteiger partial charge in [-0.15, -0.1) is 0 Å². The minimum absolute atomic E-state index is 0.195. The first-order valence-corrected chi connectivity index (χ1v) is 4.17. The van der Waals surface area contributed by atoms with E-state index in [1.807, 2.05) is 0 Å². The number of carbonyl (C=O) groups is 1. The Labute approximate surface area is 75.3 Å². The molecule has 0 bridgehead atoms. The van der Waals surface area contributed by atoms with E-state index in [-0.39, 0.29) is 12.3 Å². The molecule has 1 atom stereocenters. The third-order valence-electron chi connectivity index (χ3n) is 1.60. The topological polar surface area (TPSA) is 64.8 Å². The first-order chi connectivity index (χ1) is 5.75. The molecule has 0 radical (unpaired) electrons. The van der Waals surface area contributed by atoms with Gasteiger partial charge in [0.05, 0.1) is 0 Å². The molecule has 0 spiro atoms. The van der Waals surface area contributed by atoms with Gasteiger partial charge in [-0.3, -0.25) is 0 Å². The summed E-state index contributed by atoms with van der Waals surface area (Å²) in [5.41, 5.74) is 0. The zero-order valence-electron chi connectivity index (χ0n) is 6.53. The van der Waals surface area contributed by atoms with Gasteiger partial charge in [0.1, 0.15) is 6.23 Å². The van der Waals surface area contributed by atoms with Crippen molar-refractivity contribution in [1.29, 1.82) is 0 Å². The second-order valence-corrected chi connectivity index (χ2v) is 2.61. The van der Waals surface area contributed by atoms with Crippen LogP contribution in [0.15, 0.2) is 0 Å². The Kier molecular flexibility index (Phi) is 3.58. The van der Waals surface area contributed by atoms with E-state index in [4.69, 9.17) is 22.2 Å². The van der Waals surface area contributed by atoms with Crippen LogP contribution in [0.4, 0.5) is 4.79 Å². The Balaban J connectivity index is 2.34. The van der Waals surface area contributed by atoms with Crippen LogP contribution in [-0.2, 0) is 9.47 Å². The highest BCUT2D eigenvalue weighted by Gasteiger charge is 2.25. The maximum absolute atomic E-state index is 10.9. The molecule has 1 amide bonds. The van der Waals surface area contributed by atoms with Gasteiger partial charge in [-0.25, -0.2) is 15.6 Å². The molecule has 12 heavy (non-hydrogen) atoms. The molecule has 70 valence electrons. The third kappa shape index (κ3) is 2.23. The predicted octanol–water partition coefficient (Wildman–Crippen LogP) is 0.631. The van der Waals surface area contributed by atoms with Crippen LogP contribution in [0.3, 0.4) is 0 Å². The molecule has 0 aromatic carbocycles. The number of nitrogens with two attached hydrogens (primary N) is 1. The number of nitrogens with zero attached hydrogens (tertiary/aromatic N) is 1. The number of hydrazine groups is 1. The number of alkyl halides is 1. The number of ether oxygens (including phenoxy) is 2. The van der Waals surface area contributed by atoms with Gasteiger partial charge in [-0.2, -0.15) is 0 Å². The number of hydrogen-bond donors (Lipinski definition) is 1. The zero-order valence-corrected chi connectivity index (χ0v) is 7.29. The van der Waals surface area contributed by atoms with Crippen molar-refractivity contribution in [1.82, 2.24) is 5.01 Å². The average Bonchev–Trinajstić information content (AvgIpc) is 2.55. The molecule has 0 aromatic rings. The molecule has 0 saturated carbocycles. The highest BCUT2D eigenvalue weighted by molar-refractivity contribution is 6.17. The zero-order chi connectivity index (χ0) is 8.97. The standard InChI is InChI=1S/C6H11ClN2O3/c7-4-12-6(10)9(8)5-2-1-3-11-5/h5H,1-4,8H2. The summed E-state index contributed by atoms with van der Waals surface area (Å²) in [5, 5.41) is 0.926. The van der Waals surface area contributed by atoms with Gasteiger partial charge in [0.25, 0.3) is 0 Å². The van der Waals surface area contributed by atoms with Crippen molar-refractivity contribution in [2.75, 3.05) is 12.7 Å². The fraction of sp³-hybridized carbons (Fsp3) is 0.833. The van der Waals surface area contributed by atoms with Gasteiger partial charge < -0.3 is 9.47 Å². The van der Waals surface area contributed by atoms with Gasteiger partial charge in [0, 0.05) is 6.61 Å². The summed E-state index contributed by atoms with van der Waals surface area (Å²) in [4.78, 5) is 10.9. The Morgan fingerprint density at radius 2 is 2.58 bits per heavy atom. The van der Waals surface area contributed by atoms with Gasteiger partial charge in [0.2, 0.25) is 0 Å². The highest BCUT2D eigenvalue weighted by Crippen LogP contribution is 2.14. The van der Waals surface area contributed by atoms with Crippen LogP contribution in [0.1, 0.15) is 12.8 Å². The van der Waals surface area contributed by atoms with E-state index in [1.54, 1.807) is 0 Å². The van der Waals surface area contributed by atoms with Crippen LogP contribution in [0.5, 0.6) is 0 Å². The molecular formula is C6H11ClN2O3. The Bertz CT molecular complexity index is 161. The molecule has 0 aromatic heterocycles. The van der Waals surface area contributed by atoms with Crippen LogP contribution in [0.2, 0.25) is 0 Å². The van der Waals surface area contributed by atoms with E-state index in [0.29, 0.717) is 6.61 Å². The van der Waals surface area contributed by atoms with Crippen molar-refractivity contribution in [3.05, 3.63) is 0 Å². The van der Waals surface area contributed by atoms with Crippen molar-refractivity contribution < 1.29 is 14.3 Å². The van der Waals surface area contributed by atoms with E-state index in [9.17, 15) is 4.79 Å². The Morgan fingerprint density at radius 1 is 1.83 bits per heavy atom. The minimum atomic E-state index is -0.656. The fourth-order valence-electron chi connectivity index (χ4n) is 1.02. The molecule has 1 aliphatic rings. The molecule has 1 aliphatic heterocycles. The van der Waals surface area contributed by atoms with E-state index in [2.05, 4.69) is 4.74 Å². The fourth-order valence-corrected chi connectivity index (χ4v) is 1.11. The normalized spacial score (nSPS) is 22.3. The largest absolute Gasteiger partial charge is 0.432 e. The van der Waals surface area contributed by atoms with Gasteiger partial charge in [0.15, 0.2) is 6.07 Å². The minimum Gasteiger partial charge on any atom is -0.432 e. The van der Waals surface area contributed by atoms with Crippen molar-refractivity contribution in [2.24, 2.45) is 5.84 Å². The Morgan fingerprint density at radius 3 is 3.08 bits per heavy atom. The van der Waals surface area contributed by atoms with Crippen LogP contribution in [-0.4, -0.2) is 30.0 Å². The molecule has 1 unspecified atom stereocenters. The highest BCUT2D eigenvalue weighted by atomic mass is 35.5. The number of rotatable bonds is 2. The second kappa shape index (κ2) is 4.49. The van der Waals surface area contributed by atoms with Crippen LogP contribution < -0.4 is 5.84 Å². The van der Waals surface area contributed by atoms with E-state index in [1.165, 1.54) is 0 Å². The molecule has 1 heterocycles. The van der Waals surface area contributed by atoms with Crippen molar-refractivity contribution in [3.63, 3.8) is 0 Å². The lowest BCUT2D eigenvalue weighted by Gasteiger charge is -2.21. The van der Waals surface area contributed by atoms with Crippen molar-refractivity contribution in [3.8, 4) is 0 Å². The van der Waals surface area contributed by atoms with E-state index < -0.39 is 6.09 Å². The first kappa shape index (κ1) is 9.57. The maximum Gasteiger partial charge on any atom is 0.427 e. The molecule has 6 heteroatoms. The quantitative estimate of drug-likeness (QED) is 0.303. The average molecular weight is 195 g/mol. The van der Waals surface area contributed by atoms with Gasteiger partial charge >= 0.3 is 6.09 Å².